The normalized spacial score (nSPS) is 18.4. The predicted molar refractivity (Wildman–Crippen MR) is 68.4 cm³/mol. The van der Waals surface area contributed by atoms with Gasteiger partial charge in [-0.05, 0) is 18.4 Å². The van der Waals surface area contributed by atoms with Crippen molar-refractivity contribution in [1.82, 2.24) is 5.32 Å². The van der Waals surface area contributed by atoms with Gasteiger partial charge >= 0.3 is 5.97 Å². The Morgan fingerprint density at radius 3 is 2.68 bits per heavy atom. The first-order valence-corrected chi connectivity index (χ1v) is 5.99. The first-order chi connectivity index (χ1) is 9.13. The number of hydrogen-bond donors (Lipinski definition) is 2. The number of carbonyl (C=O) groups excluding carboxylic acids is 2. The fraction of sp³-hybridized carbons (Fsp3) is 0.286. The fourth-order valence-electron chi connectivity index (χ4n) is 2.11. The first kappa shape index (κ1) is 13.1. The third kappa shape index (κ3) is 2.76. The highest BCUT2D eigenvalue weighted by molar-refractivity contribution is 6.05. The van der Waals surface area contributed by atoms with Gasteiger partial charge in [-0.15, -0.1) is 0 Å². The second kappa shape index (κ2) is 5.56. The van der Waals surface area contributed by atoms with Gasteiger partial charge in [-0.2, -0.15) is 0 Å². The summed E-state index contributed by atoms with van der Waals surface area (Å²) in [5.74, 6) is -1.84. The van der Waals surface area contributed by atoms with Crippen LogP contribution in [0.25, 0.3) is 0 Å². The van der Waals surface area contributed by atoms with Crippen molar-refractivity contribution < 1.29 is 19.4 Å². The van der Waals surface area contributed by atoms with Crippen molar-refractivity contribution in [2.24, 2.45) is 0 Å². The molecular formula is C14H15NO4. The Hall–Kier alpha value is -2.30. The molecule has 19 heavy (non-hydrogen) atoms. The summed E-state index contributed by atoms with van der Waals surface area (Å²) >= 11 is 0. The van der Waals surface area contributed by atoms with Crippen LogP contribution in [0.3, 0.4) is 0 Å². The molecule has 0 radical (unpaired) electrons. The Morgan fingerprint density at radius 2 is 2.05 bits per heavy atom. The smallest absolute Gasteiger partial charge is 0.339 e. The topological polar surface area (TPSA) is 75.6 Å². The van der Waals surface area contributed by atoms with E-state index in [4.69, 9.17) is 0 Å². The Balaban J connectivity index is 2.08. The van der Waals surface area contributed by atoms with E-state index < -0.39 is 23.7 Å². The number of aliphatic hydroxyl groups is 1. The molecule has 1 amide bonds. The van der Waals surface area contributed by atoms with E-state index in [1.54, 1.807) is 0 Å². The molecule has 1 aromatic rings. The number of aliphatic hydroxyl groups excluding tert-OH is 1. The highest BCUT2D eigenvalue weighted by atomic mass is 16.5. The lowest BCUT2D eigenvalue weighted by molar-refractivity contribution is -0.136. The van der Waals surface area contributed by atoms with Gasteiger partial charge in [0.1, 0.15) is 5.57 Å². The Morgan fingerprint density at radius 1 is 1.37 bits per heavy atom. The van der Waals surface area contributed by atoms with Crippen LogP contribution in [0.1, 0.15) is 12.0 Å². The molecule has 1 aliphatic heterocycles. The molecule has 2 N–H and O–H groups in total. The van der Waals surface area contributed by atoms with Gasteiger partial charge in [0, 0.05) is 0 Å². The molecule has 100 valence electrons. The zero-order valence-electron chi connectivity index (χ0n) is 10.6. The number of hydrogen-bond acceptors (Lipinski definition) is 4. The second-order valence-corrected chi connectivity index (χ2v) is 4.30. The lowest BCUT2D eigenvalue weighted by Gasteiger charge is -2.13. The first-order valence-electron chi connectivity index (χ1n) is 5.99. The third-order valence-electron chi connectivity index (χ3n) is 3.09. The quantitative estimate of drug-likeness (QED) is 0.796. The molecular weight excluding hydrogens is 246 g/mol. The number of methoxy groups -OCH3 is 1. The summed E-state index contributed by atoms with van der Waals surface area (Å²) in [5.41, 5.74) is 1.12. The molecule has 0 aromatic heterocycles. The van der Waals surface area contributed by atoms with Crippen LogP contribution < -0.4 is 5.32 Å². The number of amides is 1. The molecule has 0 bridgehead atoms. The van der Waals surface area contributed by atoms with Crippen molar-refractivity contribution in [1.29, 1.82) is 0 Å². The minimum Gasteiger partial charge on any atom is -0.503 e. The van der Waals surface area contributed by atoms with Gasteiger partial charge in [-0.1, -0.05) is 30.3 Å². The maximum atomic E-state index is 11.6. The number of rotatable bonds is 4. The number of ether oxygens (including phenoxy) is 1. The number of esters is 1. The van der Waals surface area contributed by atoms with Crippen LogP contribution in [0.15, 0.2) is 41.7 Å². The van der Waals surface area contributed by atoms with Gasteiger partial charge in [0.05, 0.1) is 13.2 Å². The Kier molecular flexibility index (Phi) is 3.85. The van der Waals surface area contributed by atoms with Crippen LogP contribution in [0, 0.1) is 0 Å². The molecule has 1 aromatic carbocycles. The predicted octanol–water partition coefficient (Wildman–Crippen LogP) is 1.10. The molecule has 0 spiro atoms. The van der Waals surface area contributed by atoms with E-state index in [0.717, 1.165) is 5.56 Å². The molecule has 5 nitrogen and oxygen atoms in total. The van der Waals surface area contributed by atoms with Crippen molar-refractivity contribution in [3.8, 4) is 0 Å². The lowest BCUT2D eigenvalue weighted by Crippen LogP contribution is -2.31. The molecule has 0 saturated heterocycles. The summed E-state index contributed by atoms with van der Waals surface area (Å²) in [6.07, 6.45) is 1.23. The number of aryl methyl sites for hydroxylation is 1. The monoisotopic (exact) mass is 261 g/mol. The van der Waals surface area contributed by atoms with E-state index in [9.17, 15) is 14.7 Å². The van der Waals surface area contributed by atoms with Gasteiger partial charge in [-0.25, -0.2) is 4.79 Å². The molecule has 1 atom stereocenters. The highest BCUT2D eigenvalue weighted by Crippen LogP contribution is 2.21. The van der Waals surface area contributed by atoms with Crippen molar-refractivity contribution in [3.63, 3.8) is 0 Å². The van der Waals surface area contributed by atoms with Crippen molar-refractivity contribution in [3.05, 3.63) is 47.2 Å². The van der Waals surface area contributed by atoms with Crippen LogP contribution in [-0.4, -0.2) is 30.1 Å². The van der Waals surface area contributed by atoms with E-state index in [2.05, 4.69) is 10.1 Å². The van der Waals surface area contributed by atoms with E-state index in [-0.39, 0.29) is 5.57 Å². The van der Waals surface area contributed by atoms with Gasteiger partial charge in [-0.3, -0.25) is 4.79 Å². The minimum atomic E-state index is -0.672. The van der Waals surface area contributed by atoms with E-state index in [0.29, 0.717) is 12.8 Å². The van der Waals surface area contributed by atoms with Gasteiger partial charge in [0.15, 0.2) is 5.76 Å². The summed E-state index contributed by atoms with van der Waals surface area (Å²) in [6, 6.07) is 9.22. The van der Waals surface area contributed by atoms with E-state index >= 15 is 0 Å². The number of nitrogens with one attached hydrogen (secondary N) is 1. The molecule has 0 saturated carbocycles. The third-order valence-corrected chi connectivity index (χ3v) is 3.09. The maximum Gasteiger partial charge on any atom is 0.339 e. The van der Waals surface area contributed by atoms with Crippen LogP contribution >= 0.6 is 0 Å². The molecule has 1 aliphatic rings. The average Bonchev–Trinajstić information content (AvgIpc) is 2.72. The van der Waals surface area contributed by atoms with Gasteiger partial charge < -0.3 is 15.2 Å². The lowest BCUT2D eigenvalue weighted by atomic mass is 10.0. The van der Waals surface area contributed by atoms with Crippen LogP contribution in [0.4, 0.5) is 0 Å². The number of benzene rings is 1. The standard InChI is InChI=1S/C14H15NO4/c1-19-14(18)11-10(15-13(17)12(11)16)8-7-9-5-3-2-4-6-9/h2-6,10,16H,7-8H2,1H3,(H,15,17). The maximum absolute atomic E-state index is 11.6. The zero-order valence-corrected chi connectivity index (χ0v) is 10.6. The SMILES string of the molecule is COC(=O)C1=C(O)C(=O)NC1CCc1ccccc1. The highest BCUT2D eigenvalue weighted by Gasteiger charge is 2.36. The molecule has 0 fully saturated rings. The van der Waals surface area contributed by atoms with E-state index in [1.165, 1.54) is 7.11 Å². The Bertz CT molecular complexity index is 522. The van der Waals surface area contributed by atoms with Crippen LogP contribution in [0.2, 0.25) is 0 Å². The summed E-state index contributed by atoms with van der Waals surface area (Å²) in [7, 11) is 1.22. The second-order valence-electron chi connectivity index (χ2n) is 4.30. The summed E-state index contributed by atoms with van der Waals surface area (Å²) < 4.78 is 4.59. The number of carbonyl (C=O) groups is 2. The van der Waals surface area contributed by atoms with Crippen molar-refractivity contribution in [2.75, 3.05) is 7.11 Å². The van der Waals surface area contributed by atoms with Crippen molar-refractivity contribution >= 4 is 11.9 Å². The van der Waals surface area contributed by atoms with E-state index in [1.807, 2.05) is 30.3 Å². The molecule has 0 aliphatic carbocycles. The molecule has 1 heterocycles. The molecule has 5 heteroatoms. The fourth-order valence-corrected chi connectivity index (χ4v) is 2.11. The molecule has 1 unspecified atom stereocenters. The van der Waals surface area contributed by atoms with Crippen LogP contribution in [0.5, 0.6) is 0 Å². The minimum absolute atomic E-state index is 0.0171. The molecule has 2 rings (SSSR count). The largest absolute Gasteiger partial charge is 0.503 e. The summed E-state index contributed by atoms with van der Waals surface area (Å²) in [5, 5.41) is 12.2. The van der Waals surface area contributed by atoms with Crippen molar-refractivity contribution in [2.45, 2.75) is 18.9 Å². The average molecular weight is 261 g/mol. The zero-order chi connectivity index (χ0) is 13.8. The van der Waals surface area contributed by atoms with Crippen LogP contribution in [-0.2, 0) is 20.7 Å². The summed E-state index contributed by atoms with van der Waals surface area (Å²) in [6.45, 7) is 0. The summed E-state index contributed by atoms with van der Waals surface area (Å²) in [4.78, 5) is 23.0. The van der Waals surface area contributed by atoms with Gasteiger partial charge in [0.2, 0.25) is 0 Å². The Labute approximate surface area is 110 Å². The van der Waals surface area contributed by atoms with Gasteiger partial charge in [0.25, 0.3) is 5.91 Å².